The zero-order chi connectivity index (χ0) is 16.1. The maximum Gasteiger partial charge on any atom is 0.317 e. The first kappa shape index (κ1) is 16.7. The van der Waals surface area contributed by atoms with Gasteiger partial charge in [-0.25, -0.2) is 4.79 Å². The highest BCUT2D eigenvalue weighted by molar-refractivity contribution is 7.10. The molecule has 2 aliphatic heterocycles. The van der Waals surface area contributed by atoms with Gasteiger partial charge in [-0.3, -0.25) is 4.90 Å². The van der Waals surface area contributed by atoms with Crippen molar-refractivity contribution in [2.24, 2.45) is 0 Å². The van der Waals surface area contributed by atoms with Crippen molar-refractivity contribution in [1.82, 2.24) is 15.1 Å². The van der Waals surface area contributed by atoms with E-state index in [-0.39, 0.29) is 12.1 Å². The number of likely N-dealkylation sites (tertiary alicyclic amines) is 1. The number of nitrogens with one attached hydrogen (secondary N) is 1. The minimum absolute atomic E-state index is 0.0486. The van der Waals surface area contributed by atoms with E-state index in [0.717, 1.165) is 19.5 Å². The van der Waals surface area contributed by atoms with Gasteiger partial charge < -0.3 is 15.0 Å². The van der Waals surface area contributed by atoms with Crippen LogP contribution in [0.4, 0.5) is 4.79 Å². The van der Waals surface area contributed by atoms with Crippen LogP contribution in [0.3, 0.4) is 0 Å². The second kappa shape index (κ2) is 8.13. The van der Waals surface area contributed by atoms with Crippen LogP contribution >= 0.6 is 11.3 Å². The van der Waals surface area contributed by atoms with E-state index in [4.69, 9.17) is 4.74 Å². The lowest BCUT2D eigenvalue weighted by molar-refractivity contribution is -0.0155. The Bertz CT molecular complexity index is 488. The molecular formula is C17H27N3O2S. The molecular weight excluding hydrogens is 310 g/mol. The molecule has 23 heavy (non-hydrogen) atoms. The first-order valence-electron chi connectivity index (χ1n) is 8.69. The topological polar surface area (TPSA) is 44.8 Å². The number of ether oxygens (including phenoxy) is 1. The summed E-state index contributed by atoms with van der Waals surface area (Å²) in [6.45, 7) is 7.10. The lowest BCUT2D eigenvalue weighted by atomic mass is 10.2. The number of amides is 2. The molecule has 0 spiro atoms. The number of thiophene rings is 1. The number of nitrogens with zero attached hydrogens (tertiary/aromatic N) is 2. The summed E-state index contributed by atoms with van der Waals surface area (Å²) in [5.74, 6) is 0. The normalized spacial score (nSPS) is 23.9. The Morgan fingerprint density at radius 1 is 1.43 bits per heavy atom. The molecule has 0 aromatic carbocycles. The molecule has 2 amide bonds. The summed E-state index contributed by atoms with van der Waals surface area (Å²) in [6.07, 6.45) is 3.66. The van der Waals surface area contributed by atoms with Gasteiger partial charge in [-0.05, 0) is 43.8 Å². The molecule has 128 valence electrons. The molecule has 0 radical (unpaired) electrons. The molecule has 0 bridgehead atoms. The lowest BCUT2D eigenvalue weighted by Gasteiger charge is -2.33. The Labute approximate surface area is 142 Å². The van der Waals surface area contributed by atoms with Gasteiger partial charge in [-0.15, -0.1) is 11.3 Å². The van der Waals surface area contributed by atoms with Crippen molar-refractivity contribution in [3.05, 3.63) is 22.4 Å². The molecule has 5 nitrogen and oxygen atoms in total. The van der Waals surface area contributed by atoms with Gasteiger partial charge >= 0.3 is 6.03 Å². The Hall–Kier alpha value is -1.11. The Morgan fingerprint density at radius 2 is 2.26 bits per heavy atom. The zero-order valence-electron chi connectivity index (χ0n) is 13.9. The summed E-state index contributed by atoms with van der Waals surface area (Å²) < 4.78 is 5.65. The van der Waals surface area contributed by atoms with Crippen molar-refractivity contribution in [3.8, 4) is 0 Å². The molecule has 6 heteroatoms. The highest BCUT2D eigenvalue weighted by Gasteiger charge is 2.27. The van der Waals surface area contributed by atoms with Crippen molar-refractivity contribution in [2.75, 3.05) is 39.3 Å². The number of urea groups is 1. The molecule has 0 aliphatic carbocycles. The first-order chi connectivity index (χ1) is 11.3. The van der Waals surface area contributed by atoms with Gasteiger partial charge in [0.25, 0.3) is 0 Å². The fraction of sp³-hybridized carbons (Fsp3) is 0.706. The predicted octanol–water partition coefficient (Wildman–Crippen LogP) is 2.71. The van der Waals surface area contributed by atoms with Crippen molar-refractivity contribution in [1.29, 1.82) is 0 Å². The molecule has 3 rings (SSSR count). The molecule has 0 unspecified atom stereocenters. The van der Waals surface area contributed by atoms with Crippen LogP contribution in [0.15, 0.2) is 17.5 Å². The number of rotatable bonds is 5. The third-order valence-electron chi connectivity index (χ3n) is 4.78. The minimum Gasteiger partial charge on any atom is -0.375 e. The largest absolute Gasteiger partial charge is 0.375 e. The summed E-state index contributed by atoms with van der Waals surface area (Å²) in [5.41, 5.74) is 0. The van der Waals surface area contributed by atoms with E-state index < -0.39 is 0 Å². The van der Waals surface area contributed by atoms with Gasteiger partial charge in [0.1, 0.15) is 0 Å². The van der Waals surface area contributed by atoms with Crippen LogP contribution in [-0.4, -0.2) is 61.3 Å². The summed E-state index contributed by atoms with van der Waals surface area (Å²) in [4.78, 5) is 18.2. The molecule has 1 aromatic rings. The number of morpholine rings is 1. The molecule has 1 aromatic heterocycles. The van der Waals surface area contributed by atoms with Gasteiger partial charge in [0, 0.05) is 24.5 Å². The van der Waals surface area contributed by atoms with Crippen LogP contribution in [0.1, 0.15) is 37.1 Å². The minimum atomic E-state index is 0.0486. The second-order valence-corrected chi connectivity index (χ2v) is 7.29. The number of carbonyl (C=O) groups excluding carboxylic acids is 1. The third kappa shape index (κ3) is 4.25. The van der Waals surface area contributed by atoms with Crippen molar-refractivity contribution >= 4 is 17.4 Å². The molecule has 3 heterocycles. The number of carbonyl (C=O) groups is 1. The maximum absolute atomic E-state index is 12.5. The third-order valence-corrected chi connectivity index (χ3v) is 5.75. The van der Waals surface area contributed by atoms with Crippen molar-refractivity contribution in [3.63, 3.8) is 0 Å². The second-order valence-electron chi connectivity index (χ2n) is 6.31. The molecule has 2 fully saturated rings. The fourth-order valence-corrected chi connectivity index (χ4v) is 4.25. The van der Waals surface area contributed by atoms with Gasteiger partial charge in [-0.1, -0.05) is 13.0 Å². The Morgan fingerprint density at radius 3 is 2.96 bits per heavy atom. The maximum atomic E-state index is 12.5. The summed E-state index contributed by atoms with van der Waals surface area (Å²) >= 11 is 1.78. The van der Waals surface area contributed by atoms with E-state index >= 15 is 0 Å². The van der Waals surface area contributed by atoms with E-state index in [9.17, 15) is 4.79 Å². The van der Waals surface area contributed by atoms with Crippen LogP contribution in [0.5, 0.6) is 0 Å². The standard InChI is InChI=1S/C17H27N3O2S/c1-2-14-13-20(9-10-22-14)17(21)18-12-15(16-6-5-11-23-16)19-7-3-4-8-19/h5-6,11,14-15H,2-4,7-10,12-13H2,1H3,(H,18,21)/t14-,15-/m1/s1. The lowest BCUT2D eigenvalue weighted by Crippen LogP contribution is -2.50. The highest BCUT2D eigenvalue weighted by atomic mass is 32.1. The van der Waals surface area contributed by atoms with Crippen LogP contribution in [0, 0.1) is 0 Å². The average molecular weight is 337 g/mol. The van der Waals surface area contributed by atoms with Crippen LogP contribution in [-0.2, 0) is 4.74 Å². The summed E-state index contributed by atoms with van der Waals surface area (Å²) in [6, 6.07) is 4.64. The zero-order valence-corrected chi connectivity index (χ0v) is 14.7. The van der Waals surface area contributed by atoms with Crippen molar-refractivity contribution < 1.29 is 9.53 Å². The smallest absolute Gasteiger partial charge is 0.317 e. The van der Waals surface area contributed by atoms with Crippen molar-refractivity contribution in [2.45, 2.75) is 38.3 Å². The summed E-state index contributed by atoms with van der Waals surface area (Å²) in [5, 5.41) is 5.28. The van der Waals surface area contributed by atoms with Crippen LogP contribution < -0.4 is 5.32 Å². The first-order valence-corrected chi connectivity index (χ1v) is 9.57. The molecule has 2 saturated heterocycles. The van der Waals surface area contributed by atoms with Gasteiger partial charge in [-0.2, -0.15) is 0 Å². The van der Waals surface area contributed by atoms with E-state index in [2.05, 4.69) is 34.7 Å². The van der Waals surface area contributed by atoms with E-state index in [0.29, 0.717) is 32.3 Å². The van der Waals surface area contributed by atoms with E-state index in [1.54, 1.807) is 11.3 Å². The SMILES string of the molecule is CC[C@@H]1CN(C(=O)NC[C@H](c2cccs2)N2CCCC2)CCO1. The molecule has 2 aliphatic rings. The average Bonchev–Trinajstić information content (AvgIpc) is 3.29. The summed E-state index contributed by atoms with van der Waals surface area (Å²) in [7, 11) is 0. The Kier molecular flexibility index (Phi) is 5.91. The molecule has 0 saturated carbocycles. The van der Waals surface area contributed by atoms with Gasteiger partial charge in [0.15, 0.2) is 0 Å². The monoisotopic (exact) mass is 337 g/mol. The van der Waals surface area contributed by atoms with Gasteiger partial charge in [0.05, 0.1) is 18.8 Å². The predicted molar refractivity (Wildman–Crippen MR) is 92.9 cm³/mol. The molecule has 1 N–H and O–H groups in total. The highest BCUT2D eigenvalue weighted by Crippen LogP contribution is 2.27. The number of hydrogen-bond donors (Lipinski definition) is 1. The van der Waals surface area contributed by atoms with Crippen LogP contribution in [0.25, 0.3) is 0 Å². The Balaban J connectivity index is 1.56. The molecule has 2 atom stereocenters. The van der Waals surface area contributed by atoms with Crippen LogP contribution in [0.2, 0.25) is 0 Å². The quantitative estimate of drug-likeness (QED) is 0.898. The fourth-order valence-electron chi connectivity index (χ4n) is 3.39. The number of hydrogen-bond acceptors (Lipinski definition) is 4. The van der Waals surface area contributed by atoms with E-state index in [1.807, 2.05) is 4.90 Å². The van der Waals surface area contributed by atoms with Gasteiger partial charge in [0.2, 0.25) is 0 Å². The van der Waals surface area contributed by atoms with E-state index in [1.165, 1.54) is 17.7 Å².